The van der Waals surface area contributed by atoms with Crippen LogP contribution in [0.3, 0.4) is 0 Å². The maximum Gasteiger partial charge on any atom is 0.303 e. The van der Waals surface area contributed by atoms with E-state index in [1.54, 1.807) is 6.07 Å². The molecule has 1 aromatic heterocycles. The average molecular weight is 550 g/mol. The van der Waals surface area contributed by atoms with E-state index in [0.717, 1.165) is 69.9 Å². The maximum absolute atomic E-state index is 11.0. The fourth-order valence-electron chi connectivity index (χ4n) is 6.30. The lowest BCUT2D eigenvalue weighted by molar-refractivity contribution is -0.136. The Bertz CT molecular complexity index is 1350. The van der Waals surface area contributed by atoms with Gasteiger partial charge in [-0.25, -0.2) is 0 Å². The van der Waals surface area contributed by atoms with Crippen LogP contribution >= 0.6 is 11.6 Å². The van der Waals surface area contributed by atoms with E-state index in [2.05, 4.69) is 32.9 Å². The second-order valence-corrected chi connectivity index (χ2v) is 11.9. The Labute approximate surface area is 237 Å². The van der Waals surface area contributed by atoms with E-state index in [0.29, 0.717) is 22.8 Å². The Morgan fingerprint density at radius 3 is 2.74 bits per heavy atom. The molecule has 1 aliphatic carbocycles. The van der Waals surface area contributed by atoms with Gasteiger partial charge in [-0.1, -0.05) is 51.3 Å². The predicted octanol–water partition coefficient (Wildman–Crippen LogP) is 8.89. The van der Waals surface area contributed by atoms with Gasteiger partial charge in [0.05, 0.1) is 5.56 Å². The summed E-state index contributed by atoms with van der Waals surface area (Å²) in [4.78, 5) is 11.0. The van der Waals surface area contributed by atoms with Crippen molar-refractivity contribution in [3.63, 3.8) is 0 Å². The summed E-state index contributed by atoms with van der Waals surface area (Å²) in [6.45, 7) is 9.12. The van der Waals surface area contributed by atoms with Gasteiger partial charge in [-0.05, 0) is 91.7 Å². The molecule has 5 nitrogen and oxygen atoms in total. The third-order valence-electron chi connectivity index (χ3n) is 8.81. The monoisotopic (exact) mass is 549 g/mol. The number of aryl methyl sites for hydroxylation is 2. The molecule has 39 heavy (non-hydrogen) atoms. The van der Waals surface area contributed by atoms with Crippen LogP contribution in [0.15, 0.2) is 34.7 Å². The van der Waals surface area contributed by atoms with Crippen molar-refractivity contribution in [3.05, 3.63) is 63.4 Å². The fraction of sp³-hybridized carbons (Fsp3) is 0.515. The molecule has 0 spiro atoms. The summed E-state index contributed by atoms with van der Waals surface area (Å²) < 4.78 is 12.5. The molecule has 0 bridgehead atoms. The highest BCUT2D eigenvalue weighted by atomic mass is 35.5. The van der Waals surface area contributed by atoms with Crippen molar-refractivity contribution in [2.24, 2.45) is 23.7 Å². The van der Waals surface area contributed by atoms with Crippen LogP contribution in [0.1, 0.15) is 87.3 Å². The molecule has 0 amide bonds. The predicted molar refractivity (Wildman–Crippen MR) is 155 cm³/mol. The first-order valence-electron chi connectivity index (χ1n) is 14.3. The standard InChI is InChI=1S/C33H40ClNO4/c1-5-20(2)14-24-7-6-21(3)29(24)11-10-28-17-25-15-27(34)16-26(33(25)39-28)19-38-31-12-8-23(9-13-32(36)37)22(4)30(31)18-35/h8,12,15-17,20-21,24,29H,5-7,9-11,13-14,19H2,1-4H3,(H,36,37). The van der Waals surface area contributed by atoms with E-state index >= 15 is 0 Å². The van der Waals surface area contributed by atoms with Gasteiger partial charge in [-0.2, -0.15) is 5.26 Å². The lowest BCUT2D eigenvalue weighted by atomic mass is 9.81. The highest BCUT2D eigenvalue weighted by Crippen LogP contribution is 2.43. The normalized spacial score (nSPS) is 19.7. The lowest BCUT2D eigenvalue weighted by Crippen LogP contribution is -2.16. The lowest BCUT2D eigenvalue weighted by Gasteiger charge is -2.24. The second-order valence-electron chi connectivity index (χ2n) is 11.5. The van der Waals surface area contributed by atoms with Crippen LogP contribution in [0.4, 0.5) is 0 Å². The van der Waals surface area contributed by atoms with Gasteiger partial charge in [0.2, 0.25) is 0 Å². The van der Waals surface area contributed by atoms with Gasteiger partial charge in [-0.15, -0.1) is 0 Å². The highest BCUT2D eigenvalue weighted by molar-refractivity contribution is 6.31. The van der Waals surface area contributed by atoms with Crippen molar-refractivity contribution >= 4 is 28.5 Å². The fourth-order valence-corrected chi connectivity index (χ4v) is 6.55. The molecule has 1 aliphatic rings. The summed E-state index contributed by atoms with van der Waals surface area (Å²) >= 11 is 6.46. The molecular weight excluding hydrogens is 510 g/mol. The first-order chi connectivity index (χ1) is 18.7. The van der Waals surface area contributed by atoms with Crippen molar-refractivity contribution < 1.29 is 19.1 Å². The molecule has 0 saturated heterocycles. The number of carbonyl (C=O) groups is 1. The van der Waals surface area contributed by atoms with Crippen LogP contribution in [0.2, 0.25) is 5.02 Å². The summed E-state index contributed by atoms with van der Waals surface area (Å²) in [5.74, 6) is 3.68. The van der Waals surface area contributed by atoms with Gasteiger partial charge in [0.25, 0.3) is 0 Å². The Balaban J connectivity index is 1.49. The Kier molecular flexibility index (Phi) is 9.62. The minimum Gasteiger partial charge on any atom is -0.487 e. The van der Waals surface area contributed by atoms with Gasteiger partial charge in [-0.3, -0.25) is 4.79 Å². The number of halogens is 1. The molecule has 1 fully saturated rings. The molecule has 208 valence electrons. The topological polar surface area (TPSA) is 83.5 Å². The Hall–Kier alpha value is -2.97. The van der Waals surface area contributed by atoms with Crippen LogP contribution < -0.4 is 4.74 Å². The minimum absolute atomic E-state index is 0.0193. The van der Waals surface area contributed by atoms with Gasteiger partial charge < -0.3 is 14.3 Å². The Morgan fingerprint density at radius 2 is 2.03 bits per heavy atom. The van der Waals surface area contributed by atoms with Crippen LogP contribution in [0.5, 0.6) is 5.75 Å². The number of carboxylic acid groups (broad SMARTS) is 1. The van der Waals surface area contributed by atoms with Crippen molar-refractivity contribution in [2.75, 3.05) is 0 Å². The number of nitriles is 1. The van der Waals surface area contributed by atoms with Crippen molar-refractivity contribution in [2.45, 2.75) is 85.7 Å². The van der Waals surface area contributed by atoms with E-state index in [-0.39, 0.29) is 13.0 Å². The number of hydrogen-bond acceptors (Lipinski definition) is 4. The third kappa shape index (κ3) is 6.97. The van der Waals surface area contributed by atoms with Gasteiger partial charge in [0.1, 0.15) is 29.8 Å². The van der Waals surface area contributed by atoms with E-state index in [1.165, 1.54) is 25.7 Å². The summed E-state index contributed by atoms with van der Waals surface area (Å²) in [6, 6.07) is 11.7. The second kappa shape index (κ2) is 12.9. The number of nitrogens with zero attached hydrogens (tertiary/aromatic N) is 1. The molecule has 4 unspecified atom stereocenters. The number of hydrogen-bond donors (Lipinski definition) is 1. The number of rotatable bonds is 12. The molecule has 4 rings (SSSR count). The maximum atomic E-state index is 11.0. The first-order valence-corrected chi connectivity index (χ1v) is 14.7. The van der Waals surface area contributed by atoms with E-state index in [1.807, 2.05) is 25.1 Å². The van der Waals surface area contributed by atoms with Gasteiger partial charge in [0, 0.05) is 28.8 Å². The number of ether oxygens (including phenoxy) is 1. The zero-order valence-corrected chi connectivity index (χ0v) is 24.3. The molecule has 1 N–H and O–H groups in total. The summed E-state index contributed by atoms with van der Waals surface area (Å²) in [6.07, 6.45) is 7.69. The number of furan rings is 1. The number of aliphatic carboxylic acids is 1. The number of benzene rings is 2. The average Bonchev–Trinajstić information content (AvgIpc) is 3.47. The van der Waals surface area contributed by atoms with E-state index < -0.39 is 5.97 Å². The molecule has 4 atom stereocenters. The van der Waals surface area contributed by atoms with Crippen LogP contribution in [0.25, 0.3) is 11.0 Å². The molecule has 0 radical (unpaired) electrons. The molecule has 1 heterocycles. The largest absolute Gasteiger partial charge is 0.487 e. The van der Waals surface area contributed by atoms with Gasteiger partial charge >= 0.3 is 5.97 Å². The zero-order chi connectivity index (χ0) is 28.1. The smallest absolute Gasteiger partial charge is 0.303 e. The summed E-state index contributed by atoms with van der Waals surface area (Å²) in [5, 5.41) is 20.4. The minimum atomic E-state index is -0.861. The third-order valence-corrected chi connectivity index (χ3v) is 9.02. The first kappa shape index (κ1) is 29.0. The molecule has 1 saturated carbocycles. The van der Waals surface area contributed by atoms with Crippen LogP contribution in [-0.4, -0.2) is 11.1 Å². The molecule has 6 heteroatoms. The van der Waals surface area contributed by atoms with Crippen LogP contribution in [0, 0.1) is 41.9 Å². The summed E-state index contributed by atoms with van der Waals surface area (Å²) in [5.41, 5.74) is 3.63. The van der Waals surface area contributed by atoms with Gasteiger partial charge in [0.15, 0.2) is 0 Å². The molecule has 0 aliphatic heterocycles. The molecular formula is C33H40ClNO4. The SMILES string of the molecule is CCC(C)CC1CCC(C)C1CCc1cc2cc(Cl)cc(COc3ccc(CCC(=O)O)c(C)c3C#N)c2o1. The molecule has 3 aromatic rings. The zero-order valence-electron chi connectivity index (χ0n) is 23.6. The highest BCUT2D eigenvalue weighted by Gasteiger charge is 2.33. The Morgan fingerprint density at radius 1 is 1.23 bits per heavy atom. The van der Waals surface area contributed by atoms with Crippen molar-refractivity contribution in [1.29, 1.82) is 5.26 Å². The number of carboxylic acids is 1. The number of fused-ring (bicyclic) bond motifs is 1. The van der Waals surface area contributed by atoms with Crippen molar-refractivity contribution in [3.8, 4) is 11.8 Å². The van der Waals surface area contributed by atoms with Crippen molar-refractivity contribution in [1.82, 2.24) is 0 Å². The van der Waals surface area contributed by atoms with Crippen LogP contribution in [-0.2, 0) is 24.2 Å². The van der Waals surface area contributed by atoms with E-state index in [9.17, 15) is 10.1 Å². The quantitative estimate of drug-likeness (QED) is 0.244. The van der Waals surface area contributed by atoms with E-state index in [4.69, 9.17) is 25.9 Å². The summed E-state index contributed by atoms with van der Waals surface area (Å²) in [7, 11) is 0. The molecule has 2 aromatic carbocycles.